The second-order valence-electron chi connectivity index (χ2n) is 5.27. The monoisotopic (exact) mass is 256 g/mol. The fourth-order valence-corrected chi connectivity index (χ4v) is 2.61. The van der Waals surface area contributed by atoms with Gasteiger partial charge in [0.05, 0.1) is 6.10 Å². The zero-order chi connectivity index (χ0) is 12.8. The number of aliphatic hydroxyl groups is 1. The molecule has 2 saturated heterocycles. The van der Waals surface area contributed by atoms with Crippen LogP contribution in [0.1, 0.15) is 25.7 Å². The fourth-order valence-electron chi connectivity index (χ4n) is 2.61. The summed E-state index contributed by atoms with van der Waals surface area (Å²) in [5.74, 6) is 0.476. The molecule has 2 heterocycles. The van der Waals surface area contributed by atoms with Crippen molar-refractivity contribution in [2.45, 2.75) is 31.8 Å². The zero-order valence-corrected chi connectivity index (χ0v) is 10.9. The Hall–Kier alpha value is -0.650. The van der Waals surface area contributed by atoms with Gasteiger partial charge >= 0.3 is 0 Å². The number of aliphatic hydroxyl groups excluding tert-OH is 1. The normalized spacial score (nSPS) is 23.3. The van der Waals surface area contributed by atoms with Crippen molar-refractivity contribution in [3.63, 3.8) is 0 Å². The van der Waals surface area contributed by atoms with Crippen LogP contribution < -0.4 is 5.32 Å². The van der Waals surface area contributed by atoms with Gasteiger partial charge in [0, 0.05) is 19.7 Å². The van der Waals surface area contributed by atoms with Crippen LogP contribution in [-0.2, 0) is 9.53 Å². The first-order valence-corrected chi connectivity index (χ1v) is 7.00. The van der Waals surface area contributed by atoms with E-state index in [1.807, 2.05) is 4.90 Å². The first-order chi connectivity index (χ1) is 8.79. The van der Waals surface area contributed by atoms with Crippen molar-refractivity contribution < 1.29 is 14.6 Å². The number of piperidine rings is 2. The van der Waals surface area contributed by atoms with Crippen LogP contribution in [0.2, 0.25) is 0 Å². The van der Waals surface area contributed by atoms with E-state index in [2.05, 4.69) is 5.32 Å². The van der Waals surface area contributed by atoms with Crippen LogP contribution in [-0.4, -0.2) is 61.4 Å². The van der Waals surface area contributed by atoms with Crippen molar-refractivity contribution in [1.29, 1.82) is 0 Å². The van der Waals surface area contributed by atoms with E-state index < -0.39 is 0 Å². The first-order valence-electron chi connectivity index (χ1n) is 7.00. The third-order valence-corrected chi connectivity index (χ3v) is 3.95. The second-order valence-corrected chi connectivity index (χ2v) is 5.27. The SMILES string of the molecule is O=C(COC1CCNCC1)N1CCC(CO)CC1. The first kappa shape index (κ1) is 13.8. The number of hydrogen-bond acceptors (Lipinski definition) is 4. The largest absolute Gasteiger partial charge is 0.396 e. The molecule has 1 amide bonds. The highest BCUT2D eigenvalue weighted by Gasteiger charge is 2.23. The Labute approximate surface area is 108 Å². The minimum Gasteiger partial charge on any atom is -0.396 e. The predicted molar refractivity (Wildman–Crippen MR) is 68.2 cm³/mol. The molecule has 2 rings (SSSR count). The third kappa shape index (κ3) is 3.93. The van der Waals surface area contributed by atoms with Gasteiger partial charge in [0.2, 0.25) is 5.91 Å². The Morgan fingerprint density at radius 1 is 1.22 bits per heavy atom. The van der Waals surface area contributed by atoms with Gasteiger partial charge in [-0.25, -0.2) is 0 Å². The molecule has 0 bridgehead atoms. The summed E-state index contributed by atoms with van der Waals surface area (Å²) in [6, 6.07) is 0. The van der Waals surface area contributed by atoms with Crippen LogP contribution in [0.25, 0.3) is 0 Å². The number of rotatable bonds is 4. The highest BCUT2D eigenvalue weighted by molar-refractivity contribution is 5.77. The number of nitrogens with zero attached hydrogens (tertiary/aromatic N) is 1. The van der Waals surface area contributed by atoms with E-state index in [4.69, 9.17) is 9.84 Å². The van der Waals surface area contributed by atoms with Gasteiger partial charge in [-0.3, -0.25) is 4.79 Å². The van der Waals surface area contributed by atoms with Crippen LogP contribution in [0.15, 0.2) is 0 Å². The summed E-state index contributed by atoms with van der Waals surface area (Å²) in [6.45, 7) is 3.96. The van der Waals surface area contributed by atoms with Crippen molar-refractivity contribution in [3.8, 4) is 0 Å². The lowest BCUT2D eigenvalue weighted by Gasteiger charge is -2.31. The zero-order valence-electron chi connectivity index (χ0n) is 10.9. The van der Waals surface area contributed by atoms with E-state index >= 15 is 0 Å². The molecule has 5 heteroatoms. The molecule has 18 heavy (non-hydrogen) atoms. The van der Waals surface area contributed by atoms with Crippen LogP contribution in [0.3, 0.4) is 0 Å². The van der Waals surface area contributed by atoms with Gasteiger partial charge in [0.15, 0.2) is 0 Å². The molecule has 0 aromatic rings. The molecule has 0 unspecified atom stereocenters. The van der Waals surface area contributed by atoms with Gasteiger partial charge in [0.1, 0.15) is 6.61 Å². The van der Waals surface area contributed by atoms with E-state index in [1.54, 1.807) is 0 Å². The summed E-state index contributed by atoms with van der Waals surface area (Å²) >= 11 is 0. The quantitative estimate of drug-likeness (QED) is 0.742. The Morgan fingerprint density at radius 3 is 2.50 bits per heavy atom. The summed E-state index contributed by atoms with van der Waals surface area (Å²) in [6.07, 6.45) is 4.07. The van der Waals surface area contributed by atoms with Gasteiger partial charge in [-0.15, -0.1) is 0 Å². The Bertz CT molecular complexity index is 259. The van der Waals surface area contributed by atoms with Gasteiger partial charge < -0.3 is 20.1 Å². The highest BCUT2D eigenvalue weighted by Crippen LogP contribution is 2.16. The Kier molecular flexibility index (Phi) is 5.41. The molecule has 104 valence electrons. The average Bonchev–Trinajstić information content (AvgIpc) is 2.46. The molecule has 2 aliphatic rings. The number of carbonyl (C=O) groups is 1. The van der Waals surface area contributed by atoms with Crippen LogP contribution in [0.5, 0.6) is 0 Å². The maximum absolute atomic E-state index is 12.0. The van der Waals surface area contributed by atoms with E-state index in [-0.39, 0.29) is 25.2 Å². The smallest absolute Gasteiger partial charge is 0.248 e. The topological polar surface area (TPSA) is 61.8 Å². The Morgan fingerprint density at radius 2 is 1.89 bits per heavy atom. The van der Waals surface area contributed by atoms with Gasteiger partial charge in [0.25, 0.3) is 0 Å². The summed E-state index contributed by atoms with van der Waals surface area (Å²) < 4.78 is 5.67. The van der Waals surface area contributed by atoms with Crippen LogP contribution in [0, 0.1) is 5.92 Å². The Balaban J connectivity index is 1.65. The molecule has 5 nitrogen and oxygen atoms in total. The summed E-state index contributed by atoms with van der Waals surface area (Å²) in [7, 11) is 0. The number of amides is 1. The third-order valence-electron chi connectivity index (χ3n) is 3.95. The van der Waals surface area contributed by atoms with E-state index in [9.17, 15) is 4.79 Å². The van der Waals surface area contributed by atoms with Crippen molar-refractivity contribution in [1.82, 2.24) is 10.2 Å². The lowest BCUT2D eigenvalue weighted by Crippen LogP contribution is -2.42. The lowest BCUT2D eigenvalue weighted by molar-refractivity contribution is -0.140. The molecule has 2 fully saturated rings. The molecular weight excluding hydrogens is 232 g/mol. The highest BCUT2D eigenvalue weighted by atomic mass is 16.5. The number of ether oxygens (including phenoxy) is 1. The molecule has 0 aromatic carbocycles. The van der Waals surface area contributed by atoms with Crippen molar-refractivity contribution in [3.05, 3.63) is 0 Å². The second kappa shape index (κ2) is 7.07. The molecule has 0 aromatic heterocycles. The maximum atomic E-state index is 12.0. The standard InChI is InChI=1S/C13H24N2O3/c16-9-11-3-7-15(8-4-11)13(17)10-18-12-1-5-14-6-2-12/h11-12,14,16H,1-10H2. The van der Waals surface area contributed by atoms with Gasteiger partial charge in [-0.05, 0) is 44.7 Å². The fraction of sp³-hybridized carbons (Fsp3) is 0.923. The molecule has 0 radical (unpaired) electrons. The number of nitrogens with one attached hydrogen (secondary N) is 1. The number of hydrogen-bond donors (Lipinski definition) is 2. The van der Waals surface area contributed by atoms with Gasteiger partial charge in [-0.2, -0.15) is 0 Å². The van der Waals surface area contributed by atoms with Gasteiger partial charge in [-0.1, -0.05) is 0 Å². The molecule has 0 saturated carbocycles. The average molecular weight is 256 g/mol. The summed E-state index contributed by atoms with van der Waals surface area (Å²) in [5.41, 5.74) is 0. The minimum absolute atomic E-state index is 0.102. The summed E-state index contributed by atoms with van der Waals surface area (Å²) in [5, 5.41) is 12.3. The van der Waals surface area contributed by atoms with Crippen LogP contribution in [0.4, 0.5) is 0 Å². The van der Waals surface area contributed by atoms with E-state index in [0.29, 0.717) is 5.92 Å². The molecule has 2 N–H and O–H groups in total. The molecule has 0 spiro atoms. The molecule has 0 aliphatic carbocycles. The van der Waals surface area contributed by atoms with E-state index in [1.165, 1.54) is 0 Å². The molecule has 2 aliphatic heterocycles. The van der Waals surface area contributed by atoms with E-state index in [0.717, 1.165) is 51.9 Å². The predicted octanol–water partition coefficient (Wildman–Crippen LogP) is -0.0141. The maximum Gasteiger partial charge on any atom is 0.248 e. The van der Waals surface area contributed by atoms with Crippen LogP contribution >= 0.6 is 0 Å². The lowest BCUT2D eigenvalue weighted by atomic mass is 9.98. The molecular formula is C13H24N2O3. The van der Waals surface area contributed by atoms with Crippen molar-refractivity contribution in [2.75, 3.05) is 39.4 Å². The summed E-state index contributed by atoms with van der Waals surface area (Å²) in [4.78, 5) is 13.8. The molecule has 0 atom stereocenters. The number of carbonyl (C=O) groups excluding carboxylic acids is 1. The van der Waals surface area contributed by atoms with Crippen molar-refractivity contribution >= 4 is 5.91 Å². The number of likely N-dealkylation sites (tertiary alicyclic amines) is 1. The van der Waals surface area contributed by atoms with Crippen molar-refractivity contribution in [2.24, 2.45) is 5.92 Å². The minimum atomic E-state index is 0.102.